The SMILES string of the molecule is C[NH+]([O-])c1ccc(C[C@H]2C(=O)N(Cc3cccc4ncccc34)CC3N2C(=O)CN(Cc2cn(Cc4ccccc4)nn2)N3C(=O)NCc2ccccc2)cc1. The molecule has 0 saturated carbocycles. The first-order valence-electron chi connectivity index (χ1n) is 18.6. The van der Waals surface area contributed by atoms with Crippen molar-refractivity contribution in [1.29, 1.82) is 0 Å². The van der Waals surface area contributed by atoms with Crippen LogP contribution in [0.1, 0.15) is 27.9 Å². The molecule has 6 aromatic rings. The monoisotopic (exact) mass is 750 g/mol. The standard InChI is InChI=1S/C42H42N10O4/c1-47(56)35-19-17-30(18-20-35)22-38-41(54)48(25-33-14-8-16-37-36(33)15-9-21-43-37)28-39-51(38)40(53)29-50(52(39)42(55)44-23-31-10-4-2-5-11-31)27-34-26-49(46-45-34)24-32-12-6-3-7-13-32/h2-21,26,38-39,47H,22-25,27-29H2,1H3,(H,44,55)/t38-,39?/m0/s1. The molecule has 14 heteroatoms. The number of pyridine rings is 1. The average molecular weight is 751 g/mol. The highest BCUT2D eigenvalue weighted by molar-refractivity contribution is 5.92. The third kappa shape index (κ3) is 7.84. The van der Waals surface area contributed by atoms with Gasteiger partial charge < -0.3 is 25.4 Å². The molecule has 2 fully saturated rings. The van der Waals surface area contributed by atoms with Gasteiger partial charge in [0.1, 0.15) is 17.9 Å². The van der Waals surface area contributed by atoms with Gasteiger partial charge in [0, 0.05) is 31.1 Å². The number of carbonyl (C=O) groups is 3. The van der Waals surface area contributed by atoms with Crippen LogP contribution in [0.25, 0.3) is 10.9 Å². The second-order valence-corrected chi connectivity index (χ2v) is 14.2. The summed E-state index contributed by atoms with van der Waals surface area (Å²) in [5.41, 5.74) is 5.60. The first-order valence-corrected chi connectivity index (χ1v) is 18.6. The van der Waals surface area contributed by atoms with Crippen molar-refractivity contribution >= 4 is 34.4 Å². The molecule has 14 nitrogen and oxygen atoms in total. The topological polar surface area (TPSA) is 147 Å². The number of piperazine rings is 1. The van der Waals surface area contributed by atoms with Crippen LogP contribution in [0.4, 0.5) is 10.5 Å². The molecule has 2 aliphatic rings. The minimum absolute atomic E-state index is 0.0651. The fraction of sp³-hybridized carbons (Fsp3) is 0.238. The Morgan fingerprint density at radius 3 is 2.34 bits per heavy atom. The number of hydroxylamine groups is 1. The summed E-state index contributed by atoms with van der Waals surface area (Å²) < 4.78 is 1.73. The van der Waals surface area contributed by atoms with Crippen molar-refractivity contribution in [2.45, 2.75) is 44.8 Å². The number of urea groups is 1. The Labute approximate surface area is 324 Å². The van der Waals surface area contributed by atoms with Gasteiger partial charge in [-0.1, -0.05) is 96.2 Å². The number of fused-ring (bicyclic) bond motifs is 2. The van der Waals surface area contributed by atoms with E-state index in [2.05, 4.69) is 20.6 Å². The Bertz CT molecular complexity index is 2310. The smallest absolute Gasteiger partial charge is 0.334 e. The zero-order chi connectivity index (χ0) is 38.6. The molecule has 2 aromatic heterocycles. The van der Waals surface area contributed by atoms with Crippen molar-refractivity contribution in [3.8, 4) is 0 Å². The molecule has 0 bridgehead atoms. The van der Waals surface area contributed by atoms with E-state index in [4.69, 9.17) is 0 Å². The summed E-state index contributed by atoms with van der Waals surface area (Å²) in [6.45, 7) is 1.05. The zero-order valence-electron chi connectivity index (χ0n) is 30.9. The van der Waals surface area contributed by atoms with E-state index in [1.807, 2.05) is 109 Å². The average Bonchev–Trinajstić information content (AvgIpc) is 3.65. The molecule has 2 saturated heterocycles. The molecule has 8 rings (SSSR count). The highest BCUT2D eigenvalue weighted by atomic mass is 16.5. The fourth-order valence-electron chi connectivity index (χ4n) is 7.58. The second-order valence-electron chi connectivity index (χ2n) is 14.2. The molecule has 284 valence electrons. The molecular weight excluding hydrogens is 709 g/mol. The lowest BCUT2D eigenvalue weighted by molar-refractivity contribution is -0.751. The van der Waals surface area contributed by atoms with Gasteiger partial charge in [-0.2, -0.15) is 5.01 Å². The first kappa shape index (κ1) is 36.5. The van der Waals surface area contributed by atoms with Gasteiger partial charge in [-0.25, -0.2) is 14.5 Å². The summed E-state index contributed by atoms with van der Waals surface area (Å²) >= 11 is 0. The highest BCUT2D eigenvalue weighted by Gasteiger charge is 2.51. The largest absolute Gasteiger partial charge is 0.629 e. The minimum Gasteiger partial charge on any atom is -0.629 e. The number of nitrogens with one attached hydrogen (secondary N) is 2. The fourth-order valence-corrected chi connectivity index (χ4v) is 7.58. The van der Waals surface area contributed by atoms with E-state index in [0.29, 0.717) is 17.9 Å². The number of hydrazine groups is 1. The van der Waals surface area contributed by atoms with Crippen LogP contribution >= 0.6 is 0 Å². The Morgan fingerprint density at radius 1 is 0.839 bits per heavy atom. The maximum absolute atomic E-state index is 14.7. The van der Waals surface area contributed by atoms with Crippen molar-refractivity contribution < 1.29 is 19.4 Å². The summed E-state index contributed by atoms with van der Waals surface area (Å²) in [5.74, 6) is -0.514. The number of hydrogen-bond acceptors (Lipinski definition) is 8. The lowest BCUT2D eigenvalue weighted by atomic mass is 9.97. The normalized spacial score (nSPS) is 17.9. The van der Waals surface area contributed by atoms with Crippen LogP contribution in [0.5, 0.6) is 0 Å². The molecule has 0 radical (unpaired) electrons. The van der Waals surface area contributed by atoms with Crippen molar-refractivity contribution in [1.82, 2.24) is 45.1 Å². The molecular formula is C42H42N10O4. The minimum atomic E-state index is -0.921. The number of rotatable bonds is 11. The predicted octanol–water partition coefficient (Wildman–Crippen LogP) is 3.27. The molecule has 4 amide bonds. The van der Waals surface area contributed by atoms with E-state index >= 15 is 0 Å². The quantitative estimate of drug-likeness (QED) is 0.192. The van der Waals surface area contributed by atoms with Gasteiger partial charge in [0.15, 0.2) is 0 Å². The maximum Gasteiger partial charge on any atom is 0.334 e. The molecule has 4 aromatic carbocycles. The van der Waals surface area contributed by atoms with Gasteiger partial charge in [0.05, 0.1) is 50.6 Å². The Hall–Kier alpha value is -6.48. The van der Waals surface area contributed by atoms with E-state index in [0.717, 1.165) is 33.2 Å². The van der Waals surface area contributed by atoms with Gasteiger partial charge >= 0.3 is 6.03 Å². The van der Waals surface area contributed by atoms with E-state index in [9.17, 15) is 19.6 Å². The Kier molecular flexibility index (Phi) is 10.5. The van der Waals surface area contributed by atoms with E-state index in [-0.39, 0.29) is 56.0 Å². The van der Waals surface area contributed by atoms with E-state index in [1.165, 1.54) is 7.05 Å². The summed E-state index contributed by atoms with van der Waals surface area (Å²) in [5, 5.41) is 28.0. The third-order valence-electron chi connectivity index (χ3n) is 10.3. The van der Waals surface area contributed by atoms with E-state index in [1.54, 1.807) is 42.8 Å². The predicted molar refractivity (Wildman–Crippen MR) is 208 cm³/mol. The number of amides is 4. The molecule has 56 heavy (non-hydrogen) atoms. The number of nitrogens with zero attached hydrogens (tertiary/aromatic N) is 8. The second kappa shape index (κ2) is 16.1. The molecule has 3 atom stereocenters. The van der Waals surface area contributed by atoms with Crippen LogP contribution in [-0.4, -0.2) is 90.0 Å². The summed E-state index contributed by atoms with van der Waals surface area (Å²) in [4.78, 5) is 51.4. The van der Waals surface area contributed by atoms with Crippen LogP contribution in [0.15, 0.2) is 128 Å². The van der Waals surface area contributed by atoms with Gasteiger partial charge in [0.2, 0.25) is 11.8 Å². The molecule has 4 heterocycles. The third-order valence-corrected chi connectivity index (χ3v) is 10.3. The number of quaternary nitrogens is 1. The molecule has 0 aliphatic carbocycles. The lowest BCUT2D eigenvalue weighted by Gasteiger charge is -2.55. The van der Waals surface area contributed by atoms with Crippen LogP contribution in [0.3, 0.4) is 0 Å². The van der Waals surface area contributed by atoms with Crippen molar-refractivity contribution in [2.75, 3.05) is 20.1 Å². The van der Waals surface area contributed by atoms with E-state index < -0.39 is 18.2 Å². The van der Waals surface area contributed by atoms with Gasteiger partial charge in [-0.3, -0.25) is 14.6 Å². The molecule has 2 N–H and O–H groups in total. The lowest BCUT2D eigenvalue weighted by Crippen LogP contribution is -2.98. The first-order chi connectivity index (χ1) is 27.3. The van der Waals surface area contributed by atoms with Crippen molar-refractivity contribution in [3.05, 3.63) is 161 Å². The molecule has 2 aliphatic heterocycles. The number of benzene rings is 4. The number of aromatic nitrogens is 4. The van der Waals surface area contributed by atoms with Gasteiger partial charge in [-0.05, 0) is 46.5 Å². The number of hydrogen-bond donors (Lipinski definition) is 2. The summed E-state index contributed by atoms with van der Waals surface area (Å²) in [6, 6.07) is 34.9. The van der Waals surface area contributed by atoms with Crippen LogP contribution in [-0.2, 0) is 42.2 Å². The van der Waals surface area contributed by atoms with Crippen LogP contribution in [0.2, 0.25) is 0 Å². The summed E-state index contributed by atoms with van der Waals surface area (Å²) in [6.07, 6.45) is 2.90. The Morgan fingerprint density at radius 2 is 1.59 bits per heavy atom. The zero-order valence-corrected chi connectivity index (χ0v) is 30.9. The maximum atomic E-state index is 14.7. The number of carbonyl (C=O) groups excluding carboxylic acids is 3. The highest BCUT2D eigenvalue weighted by Crippen LogP contribution is 2.31. The summed E-state index contributed by atoms with van der Waals surface area (Å²) in [7, 11) is 1.50. The molecule has 0 spiro atoms. The van der Waals surface area contributed by atoms with Gasteiger partial charge in [0.25, 0.3) is 0 Å². The van der Waals surface area contributed by atoms with Crippen LogP contribution < -0.4 is 10.4 Å². The van der Waals surface area contributed by atoms with Crippen molar-refractivity contribution in [3.63, 3.8) is 0 Å². The van der Waals surface area contributed by atoms with Gasteiger partial charge in [-0.15, -0.1) is 5.10 Å². The van der Waals surface area contributed by atoms with Crippen LogP contribution in [0, 0.1) is 5.21 Å². The van der Waals surface area contributed by atoms with Crippen molar-refractivity contribution in [2.24, 2.45) is 0 Å². The molecule has 2 unspecified atom stereocenters. The Balaban J connectivity index is 1.15.